The first kappa shape index (κ1) is 15.3. The van der Waals surface area contributed by atoms with Gasteiger partial charge in [-0.2, -0.15) is 0 Å². The van der Waals surface area contributed by atoms with E-state index in [9.17, 15) is 4.79 Å². The van der Waals surface area contributed by atoms with Gasteiger partial charge in [0.1, 0.15) is 0 Å². The van der Waals surface area contributed by atoms with Crippen LogP contribution < -0.4 is 5.32 Å². The Bertz CT molecular complexity index is 595. The van der Waals surface area contributed by atoms with Crippen LogP contribution in [0.1, 0.15) is 0 Å². The first-order valence-electron chi connectivity index (χ1n) is 5.89. The summed E-state index contributed by atoms with van der Waals surface area (Å²) in [6.45, 7) is 3.62. The topological polar surface area (TPSA) is 42.0 Å². The molecule has 0 saturated heterocycles. The fraction of sp³-hybridized carbons (Fsp3) is 0.143. The maximum atomic E-state index is 11.7. The van der Waals surface area contributed by atoms with Crippen LogP contribution in [0.3, 0.4) is 0 Å². The molecule has 0 aliphatic heterocycles. The van der Waals surface area contributed by atoms with Crippen molar-refractivity contribution in [2.75, 3.05) is 16.8 Å². The molecule has 2 rings (SSSR count). The number of benzene rings is 1. The molecule has 0 unspecified atom stereocenters. The fourth-order valence-corrected chi connectivity index (χ4v) is 3.02. The Kier molecular flexibility index (Phi) is 5.82. The summed E-state index contributed by atoms with van der Waals surface area (Å²) in [4.78, 5) is 16.1. The highest BCUT2D eigenvalue weighted by atomic mass is 79.9. The van der Waals surface area contributed by atoms with E-state index in [4.69, 9.17) is 0 Å². The summed E-state index contributed by atoms with van der Waals surface area (Å²) >= 11 is 6.36. The van der Waals surface area contributed by atoms with Gasteiger partial charge in [-0.05, 0) is 12.1 Å². The standard InChI is InChI=1S/C14H13BrN2OS2/c1-2-7-19-9-13(18)17-14-16-12(8-20-14)10-3-5-11(15)6-4-10/h2-6,8H,1,7,9H2,(H,16,17,18). The molecule has 1 aromatic carbocycles. The van der Waals surface area contributed by atoms with Crippen LogP contribution in [-0.4, -0.2) is 22.4 Å². The summed E-state index contributed by atoms with van der Waals surface area (Å²) in [5.74, 6) is 1.16. The maximum Gasteiger partial charge on any atom is 0.236 e. The van der Waals surface area contributed by atoms with Crippen LogP contribution in [0.4, 0.5) is 5.13 Å². The summed E-state index contributed by atoms with van der Waals surface area (Å²) in [7, 11) is 0. The molecule has 3 nitrogen and oxygen atoms in total. The van der Waals surface area contributed by atoms with Gasteiger partial charge in [-0.3, -0.25) is 4.79 Å². The number of anilines is 1. The second-order valence-corrected chi connectivity index (χ2v) is 6.70. The van der Waals surface area contributed by atoms with Crippen LogP contribution in [0.15, 0.2) is 46.8 Å². The van der Waals surface area contributed by atoms with Gasteiger partial charge in [0.25, 0.3) is 0 Å². The van der Waals surface area contributed by atoms with Crippen molar-refractivity contribution in [2.24, 2.45) is 0 Å². The Hall–Kier alpha value is -1.11. The van der Waals surface area contributed by atoms with Crippen molar-refractivity contribution in [1.82, 2.24) is 4.98 Å². The zero-order valence-corrected chi connectivity index (χ0v) is 13.9. The van der Waals surface area contributed by atoms with Crippen LogP contribution in [0.2, 0.25) is 0 Å². The molecule has 0 aliphatic carbocycles. The first-order chi connectivity index (χ1) is 9.69. The lowest BCUT2D eigenvalue weighted by molar-refractivity contribution is -0.113. The molecule has 1 N–H and O–H groups in total. The number of carbonyl (C=O) groups excluding carboxylic acids is 1. The third kappa shape index (κ3) is 4.47. The van der Waals surface area contributed by atoms with E-state index < -0.39 is 0 Å². The minimum absolute atomic E-state index is 0.0337. The molecule has 2 aromatic rings. The van der Waals surface area contributed by atoms with E-state index in [2.05, 4.69) is 32.8 Å². The van der Waals surface area contributed by atoms with Crippen LogP contribution in [0.5, 0.6) is 0 Å². The molecule has 0 aliphatic rings. The van der Waals surface area contributed by atoms with Crippen LogP contribution in [0, 0.1) is 0 Å². The second-order valence-electron chi connectivity index (χ2n) is 3.90. The van der Waals surface area contributed by atoms with Crippen LogP contribution in [0.25, 0.3) is 11.3 Å². The predicted molar refractivity (Wildman–Crippen MR) is 91.4 cm³/mol. The monoisotopic (exact) mass is 368 g/mol. The largest absolute Gasteiger partial charge is 0.301 e. The van der Waals surface area contributed by atoms with E-state index in [0.717, 1.165) is 21.5 Å². The van der Waals surface area contributed by atoms with Crippen molar-refractivity contribution in [2.45, 2.75) is 0 Å². The molecule has 0 radical (unpaired) electrons. The number of aromatic nitrogens is 1. The summed E-state index contributed by atoms with van der Waals surface area (Å²) in [6, 6.07) is 7.92. The van der Waals surface area contributed by atoms with Crippen molar-refractivity contribution in [1.29, 1.82) is 0 Å². The molecule has 6 heteroatoms. The minimum Gasteiger partial charge on any atom is -0.301 e. The fourth-order valence-electron chi connectivity index (χ4n) is 1.47. The number of thiazole rings is 1. The third-order valence-electron chi connectivity index (χ3n) is 2.36. The Labute approximate surface area is 134 Å². The van der Waals surface area contributed by atoms with Gasteiger partial charge in [-0.15, -0.1) is 29.7 Å². The summed E-state index contributed by atoms with van der Waals surface area (Å²) in [6.07, 6.45) is 1.78. The number of nitrogens with one attached hydrogen (secondary N) is 1. The first-order valence-corrected chi connectivity index (χ1v) is 8.71. The lowest BCUT2D eigenvalue weighted by Gasteiger charge is -2.00. The van der Waals surface area contributed by atoms with Gasteiger partial charge >= 0.3 is 0 Å². The highest BCUT2D eigenvalue weighted by molar-refractivity contribution is 9.10. The molecule has 0 atom stereocenters. The number of carbonyl (C=O) groups is 1. The second kappa shape index (κ2) is 7.61. The number of nitrogens with zero attached hydrogens (tertiary/aromatic N) is 1. The van der Waals surface area contributed by atoms with Gasteiger partial charge in [0.05, 0.1) is 11.4 Å². The summed E-state index contributed by atoms with van der Waals surface area (Å²) in [5.41, 5.74) is 1.91. The van der Waals surface area contributed by atoms with Gasteiger partial charge in [0, 0.05) is 21.2 Å². The number of thioether (sulfide) groups is 1. The third-order valence-corrected chi connectivity index (χ3v) is 4.58. The quantitative estimate of drug-likeness (QED) is 0.605. The molecule has 104 valence electrons. The predicted octanol–water partition coefficient (Wildman–Crippen LogP) is 4.43. The Morgan fingerprint density at radius 1 is 1.45 bits per heavy atom. The van der Waals surface area contributed by atoms with E-state index in [0.29, 0.717) is 10.9 Å². The smallest absolute Gasteiger partial charge is 0.236 e. The molecule has 0 fully saturated rings. The van der Waals surface area contributed by atoms with Crippen molar-refractivity contribution in [3.05, 3.63) is 46.8 Å². The van der Waals surface area contributed by atoms with E-state index in [1.165, 1.54) is 23.1 Å². The lowest BCUT2D eigenvalue weighted by Crippen LogP contribution is -2.13. The highest BCUT2D eigenvalue weighted by Gasteiger charge is 2.07. The van der Waals surface area contributed by atoms with Crippen LogP contribution >= 0.6 is 39.0 Å². The van der Waals surface area contributed by atoms with E-state index in [1.807, 2.05) is 29.6 Å². The molecule has 1 heterocycles. The number of rotatable bonds is 6. The Balaban J connectivity index is 1.96. The lowest BCUT2D eigenvalue weighted by atomic mass is 10.2. The van der Waals surface area contributed by atoms with E-state index in [1.54, 1.807) is 6.08 Å². The molecule has 0 bridgehead atoms. The number of halogens is 1. The van der Waals surface area contributed by atoms with E-state index in [-0.39, 0.29) is 5.91 Å². The molecule has 0 saturated carbocycles. The molecule has 1 aromatic heterocycles. The number of amides is 1. The van der Waals surface area contributed by atoms with Gasteiger partial charge in [-0.25, -0.2) is 4.98 Å². The van der Waals surface area contributed by atoms with Crippen molar-refractivity contribution < 1.29 is 4.79 Å². The van der Waals surface area contributed by atoms with E-state index >= 15 is 0 Å². The molecule has 20 heavy (non-hydrogen) atoms. The summed E-state index contributed by atoms with van der Waals surface area (Å²) < 4.78 is 1.03. The Morgan fingerprint density at radius 2 is 2.20 bits per heavy atom. The minimum atomic E-state index is -0.0337. The zero-order valence-electron chi connectivity index (χ0n) is 10.6. The van der Waals surface area contributed by atoms with Crippen molar-refractivity contribution in [3.8, 4) is 11.3 Å². The Morgan fingerprint density at radius 3 is 2.90 bits per heavy atom. The van der Waals surface area contributed by atoms with Gasteiger partial charge in [0.2, 0.25) is 5.91 Å². The number of hydrogen-bond acceptors (Lipinski definition) is 4. The number of hydrogen-bond donors (Lipinski definition) is 1. The normalized spacial score (nSPS) is 10.2. The van der Waals surface area contributed by atoms with Crippen molar-refractivity contribution in [3.63, 3.8) is 0 Å². The van der Waals surface area contributed by atoms with Gasteiger partial charge in [0.15, 0.2) is 5.13 Å². The van der Waals surface area contributed by atoms with Crippen LogP contribution in [-0.2, 0) is 4.79 Å². The van der Waals surface area contributed by atoms with Gasteiger partial charge in [-0.1, -0.05) is 34.1 Å². The molecular formula is C14H13BrN2OS2. The molecular weight excluding hydrogens is 356 g/mol. The molecule has 0 spiro atoms. The van der Waals surface area contributed by atoms with Crippen molar-refractivity contribution >= 4 is 50.1 Å². The highest BCUT2D eigenvalue weighted by Crippen LogP contribution is 2.26. The maximum absolute atomic E-state index is 11.7. The average molecular weight is 369 g/mol. The average Bonchev–Trinajstić information content (AvgIpc) is 2.88. The molecule has 1 amide bonds. The summed E-state index contributed by atoms with van der Waals surface area (Å²) in [5, 5.41) is 5.38. The zero-order chi connectivity index (χ0) is 14.4. The SMILES string of the molecule is C=CCSCC(=O)Nc1nc(-c2ccc(Br)cc2)cs1. The van der Waals surface area contributed by atoms with Gasteiger partial charge < -0.3 is 5.32 Å².